The van der Waals surface area contributed by atoms with E-state index in [9.17, 15) is 15.3 Å². The van der Waals surface area contributed by atoms with Crippen LogP contribution in [0.4, 0.5) is 0 Å². The van der Waals surface area contributed by atoms with E-state index in [2.05, 4.69) is 19.7 Å². The molecule has 0 fully saturated rings. The summed E-state index contributed by atoms with van der Waals surface area (Å²) >= 11 is 0. The van der Waals surface area contributed by atoms with E-state index in [1.165, 1.54) is 0 Å². The summed E-state index contributed by atoms with van der Waals surface area (Å²) in [4.78, 5) is 0. The van der Waals surface area contributed by atoms with Crippen molar-refractivity contribution in [2.24, 2.45) is 0 Å². The van der Waals surface area contributed by atoms with Crippen LogP contribution in [-0.2, 0) is 19.3 Å². The maximum atomic E-state index is 10.4. The molecule has 0 amide bonds. The maximum absolute atomic E-state index is 10.4. The Hall–Kier alpha value is -3.72. The van der Waals surface area contributed by atoms with Crippen LogP contribution in [0.15, 0.2) is 91.1 Å². The van der Waals surface area contributed by atoms with Gasteiger partial charge in [0.2, 0.25) is 0 Å². The molecule has 0 atom stereocenters. The van der Waals surface area contributed by atoms with Crippen molar-refractivity contribution >= 4 is 0 Å². The molecule has 0 aromatic heterocycles. The van der Waals surface area contributed by atoms with E-state index in [-0.39, 0.29) is 23.2 Å². The highest BCUT2D eigenvalue weighted by molar-refractivity contribution is 5.52. The van der Waals surface area contributed by atoms with Crippen molar-refractivity contribution in [3.05, 3.63) is 124 Å². The van der Waals surface area contributed by atoms with Gasteiger partial charge in [-0.2, -0.15) is 0 Å². The van der Waals surface area contributed by atoms with Crippen molar-refractivity contribution in [1.29, 1.82) is 0 Å². The molecular weight excluding hydrogens is 420 g/mol. The molecule has 0 aliphatic rings. The summed E-state index contributed by atoms with van der Waals surface area (Å²) in [6, 6.07) is 17.0. The summed E-state index contributed by atoms with van der Waals surface area (Å²) < 4.78 is 0. The van der Waals surface area contributed by atoms with E-state index < -0.39 is 0 Å². The van der Waals surface area contributed by atoms with E-state index in [1.807, 2.05) is 57.2 Å². The SMILES string of the molecule is C=C(C)Cc1cc(C(c2ccc(O)c(CC(=C)C)c2)c2ccc(O)c(CC(=C)C)c2)ccc1O. The molecule has 0 saturated heterocycles. The van der Waals surface area contributed by atoms with Crippen molar-refractivity contribution in [2.45, 2.75) is 46.0 Å². The number of aromatic hydroxyl groups is 3. The van der Waals surface area contributed by atoms with Crippen LogP contribution >= 0.6 is 0 Å². The minimum absolute atomic E-state index is 0.168. The minimum atomic E-state index is -0.168. The predicted molar refractivity (Wildman–Crippen MR) is 141 cm³/mol. The Kier molecular flexibility index (Phi) is 7.68. The Morgan fingerprint density at radius 1 is 0.559 bits per heavy atom. The van der Waals surface area contributed by atoms with Crippen LogP contribution in [-0.4, -0.2) is 15.3 Å². The molecular formula is C31H34O3. The van der Waals surface area contributed by atoms with Gasteiger partial charge in [0.25, 0.3) is 0 Å². The summed E-state index contributed by atoms with van der Waals surface area (Å²) in [5, 5.41) is 31.3. The number of phenolic OH excluding ortho intramolecular Hbond substituents is 3. The van der Waals surface area contributed by atoms with Crippen molar-refractivity contribution in [3.8, 4) is 17.2 Å². The normalized spacial score (nSPS) is 10.9. The molecule has 3 aromatic rings. The maximum Gasteiger partial charge on any atom is 0.119 e. The number of rotatable bonds is 9. The Bertz CT molecular complexity index is 1090. The van der Waals surface area contributed by atoms with Gasteiger partial charge in [0.1, 0.15) is 17.2 Å². The standard InChI is InChI=1S/C31H34O3/c1-19(2)13-25-16-22(7-10-28(25)32)31(23-8-11-29(33)26(17-23)14-20(3)4)24-9-12-30(34)27(18-24)15-21(5)6/h7-12,16-18,31-34H,1,3,5,13-15H2,2,4,6H3. The molecule has 0 radical (unpaired) electrons. The fourth-order valence-electron chi connectivity index (χ4n) is 4.33. The number of hydrogen-bond donors (Lipinski definition) is 3. The predicted octanol–water partition coefficient (Wildman–Crippen LogP) is 7.34. The van der Waals surface area contributed by atoms with Gasteiger partial charge >= 0.3 is 0 Å². The zero-order chi connectivity index (χ0) is 25.0. The highest BCUT2D eigenvalue weighted by Crippen LogP contribution is 2.38. The summed E-state index contributed by atoms with van der Waals surface area (Å²) in [7, 11) is 0. The first-order chi connectivity index (χ1) is 16.0. The third kappa shape index (κ3) is 5.99. The van der Waals surface area contributed by atoms with Crippen LogP contribution in [0.1, 0.15) is 60.1 Å². The third-order valence-corrected chi connectivity index (χ3v) is 5.79. The summed E-state index contributed by atoms with van der Waals surface area (Å²) in [6.45, 7) is 17.8. The lowest BCUT2D eigenvalue weighted by Gasteiger charge is -2.22. The molecule has 0 aliphatic carbocycles. The fraction of sp³-hybridized carbons (Fsp3) is 0.226. The van der Waals surface area contributed by atoms with E-state index in [0.717, 1.165) is 50.1 Å². The summed E-state index contributed by atoms with van der Waals surface area (Å²) in [5.41, 5.74) is 8.36. The summed E-state index contributed by atoms with van der Waals surface area (Å²) in [6.07, 6.45) is 1.75. The Labute approximate surface area is 203 Å². The van der Waals surface area contributed by atoms with Crippen molar-refractivity contribution < 1.29 is 15.3 Å². The van der Waals surface area contributed by atoms with E-state index in [4.69, 9.17) is 0 Å². The first-order valence-electron chi connectivity index (χ1n) is 11.4. The van der Waals surface area contributed by atoms with Crippen LogP contribution in [0.25, 0.3) is 0 Å². The number of allylic oxidation sites excluding steroid dienone is 3. The Morgan fingerprint density at radius 3 is 1.06 bits per heavy atom. The Balaban J connectivity index is 2.23. The molecule has 0 unspecified atom stereocenters. The van der Waals surface area contributed by atoms with Gasteiger partial charge < -0.3 is 15.3 Å². The van der Waals surface area contributed by atoms with Gasteiger partial charge in [0.15, 0.2) is 0 Å². The lowest BCUT2D eigenvalue weighted by Crippen LogP contribution is -2.06. The van der Waals surface area contributed by atoms with Gasteiger partial charge in [0, 0.05) is 5.92 Å². The molecule has 0 spiro atoms. The van der Waals surface area contributed by atoms with Crippen LogP contribution in [0.5, 0.6) is 17.2 Å². The molecule has 3 heteroatoms. The quantitative estimate of drug-likeness (QED) is 0.234. The van der Waals surface area contributed by atoms with Gasteiger partial charge in [-0.25, -0.2) is 0 Å². The van der Waals surface area contributed by atoms with E-state index in [1.54, 1.807) is 18.2 Å². The molecule has 0 saturated carbocycles. The largest absolute Gasteiger partial charge is 0.508 e. The van der Waals surface area contributed by atoms with Crippen molar-refractivity contribution in [2.75, 3.05) is 0 Å². The lowest BCUT2D eigenvalue weighted by atomic mass is 9.82. The molecule has 3 N–H and O–H groups in total. The van der Waals surface area contributed by atoms with Crippen molar-refractivity contribution in [1.82, 2.24) is 0 Å². The molecule has 0 aliphatic heterocycles. The average Bonchev–Trinajstić information content (AvgIpc) is 2.74. The molecule has 0 heterocycles. The first kappa shape index (κ1) is 24.9. The second kappa shape index (κ2) is 10.5. The second-order valence-electron chi connectivity index (χ2n) is 9.50. The fourth-order valence-corrected chi connectivity index (χ4v) is 4.33. The van der Waals surface area contributed by atoms with Gasteiger partial charge in [-0.15, -0.1) is 0 Å². The first-order valence-corrected chi connectivity index (χ1v) is 11.4. The van der Waals surface area contributed by atoms with Crippen LogP contribution in [0, 0.1) is 0 Å². The van der Waals surface area contributed by atoms with Crippen molar-refractivity contribution in [3.63, 3.8) is 0 Å². The average molecular weight is 455 g/mol. The van der Waals surface area contributed by atoms with Gasteiger partial charge in [-0.3, -0.25) is 0 Å². The monoisotopic (exact) mass is 454 g/mol. The highest BCUT2D eigenvalue weighted by atomic mass is 16.3. The molecule has 34 heavy (non-hydrogen) atoms. The van der Waals surface area contributed by atoms with E-state index in [0.29, 0.717) is 19.3 Å². The smallest absolute Gasteiger partial charge is 0.119 e. The second-order valence-corrected chi connectivity index (χ2v) is 9.50. The molecule has 3 rings (SSSR count). The van der Waals surface area contributed by atoms with Crippen LogP contribution < -0.4 is 0 Å². The molecule has 0 bridgehead atoms. The zero-order valence-electron chi connectivity index (χ0n) is 20.4. The zero-order valence-corrected chi connectivity index (χ0v) is 20.4. The van der Waals surface area contributed by atoms with E-state index >= 15 is 0 Å². The van der Waals surface area contributed by atoms with Gasteiger partial charge in [-0.1, -0.05) is 72.9 Å². The number of hydrogen-bond acceptors (Lipinski definition) is 3. The molecule has 3 aromatic carbocycles. The van der Waals surface area contributed by atoms with Gasteiger partial charge in [0.05, 0.1) is 0 Å². The molecule has 176 valence electrons. The van der Waals surface area contributed by atoms with Crippen LogP contribution in [0.3, 0.4) is 0 Å². The number of benzene rings is 3. The lowest BCUT2D eigenvalue weighted by molar-refractivity contribution is 0.469. The Morgan fingerprint density at radius 2 is 0.824 bits per heavy atom. The minimum Gasteiger partial charge on any atom is -0.508 e. The molecule has 3 nitrogen and oxygen atoms in total. The topological polar surface area (TPSA) is 60.7 Å². The summed E-state index contributed by atoms with van der Waals surface area (Å²) in [5.74, 6) is 0.562. The number of phenols is 3. The van der Waals surface area contributed by atoms with Crippen LogP contribution in [0.2, 0.25) is 0 Å². The third-order valence-electron chi connectivity index (χ3n) is 5.79. The van der Waals surface area contributed by atoms with Gasteiger partial charge in [-0.05, 0) is 91.6 Å². The highest BCUT2D eigenvalue weighted by Gasteiger charge is 2.21.